The van der Waals surface area contributed by atoms with Gasteiger partial charge < -0.3 is 9.13 Å². The Morgan fingerprint density at radius 3 is 2.78 bits per heavy atom. The summed E-state index contributed by atoms with van der Waals surface area (Å²) < 4.78 is 3.98. The molecule has 0 aliphatic carbocycles. The van der Waals surface area contributed by atoms with Gasteiger partial charge in [-0.15, -0.1) is 0 Å². The zero-order valence-corrected chi connectivity index (χ0v) is 11.3. The van der Waals surface area contributed by atoms with Crippen molar-refractivity contribution in [2.45, 2.75) is 6.54 Å². The van der Waals surface area contributed by atoms with Gasteiger partial charge in [0.15, 0.2) is 0 Å². The lowest BCUT2D eigenvalue weighted by atomic mass is 10.2. The van der Waals surface area contributed by atoms with Crippen LogP contribution in [-0.2, 0) is 13.6 Å². The molecule has 3 rings (SSSR count). The molecule has 3 nitrogen and oxygen atoms in total. The fourth-order valence-electron chi connectivity index (χ4n) is 2.02. The molecule has 3 aromatic rings. The van der Waals surface area contributed by atoms with Crippen LogP contribution in [0, 0.1) is 0 Å². The van der Waals surface area contributed by atoms with Crippen LogP contribution in [0.25, 0.3) is 10.9 Å². The first kappa shape index (κ1) is 11.6. The van der Waals surface area contributed by atoms with Gasteiger partial charge in [0.1, 0.15) is 11.0 Å². The van der Waals surface area contributed by atoms with Crippen molar-refractivity contribution in [2.75, 3.05) is 0 Å². The van der Waals surface area contributed by atoms with E-state index in [0.29, 0.717) is 11.7 Å². The molecule has 0 radical (unpaired) electrons. The molecule has 0 unspecified atom stereocenters. The summed E-state index contributed by atoms with van der Waals surface area (Å²) in [5.41, 5.74) is 1.10. The van der Waals surface area contributed by atoms with Gasteiger partial charge in [-0.3, -0.25) is 0 Å². The Labute approximate surface area is 115 Å². The highest BCUT2D eigenvalue weighted by Gasteiger charge is 2.07. The Balaban J connectivity index is 2.05. The van der Waals surface area contributed by atoms with E-state index in [1.165, 1.54) is 5.39 Å². The third kappa shape index (κ3) is 1.89. The molecule has 0 atom stereocenters. The molecule has 0 bridgehead atoms. The van der Waals surface area contributed by atoms with Crippen LogP contribution in [0.15, 0.2) is 36.7 Å². The fourth-order valence-corrected chi connectivity index (χ4v) is 2.33. The van der Waals surface area contributed by atoms with E-state index in [9.17, 15) is 0 Å². The van der Waals surface area contributed by atoms with E-state index in [1.54, 1.807) is 6.20 Å². The molecule has 0 aliphatic heterocycles. The quantitative estimate of drug-likeness (QED) is 0.701. The number of imidazole rings is 1. The van der Waals surface area contributed by atoms with Crippen molar-refractivity contribution in [3.8, 4) is 0 Å². The summed E-state index contributed by atoms with van der Waals surface area (Å²) in [5, 5.41) is 2.54. The molecular formula is C13H11Cl2N3. The van der Waals surface area contributed by atoms with Crippen LogP contribution in [0.1, 0.15) is 5.82 Å². The molecule has 0 amide bonds. The van der Waals surface area contributed by atoms with Gasteiger partial charge in [0.25, 0.3) is 0 Å². The summed E-state index contributed by atoms with van der Waals surface area (Å²) in [4.78, 5) is 4.30. The Morgan fingerprint density at radius 2 is 2.06 bits per heavy atom. The number of rotatable bonds is 2. The molecule has 1 aromatic carbocycles. The van der Waals surface area contributed by atoms with Crippen molar-refractivity contribution >= 4 is 34.1 Å². The minimum atomic E-state index is 0.638. The van der Waals surface area contributed by atoms with Gasteiger partial charge in [0.2, 0.25) is 0 Å². The normalized spacial score (nSPS) is 11.3. The van der Waals surface area contributed by atoms with E-state index < -0.39 is 0 Å². The number of fused-ring (bicyclic) bond motifs is 1. The Bertz CT molecular complexity index is 712. The lowest BCUT2D eigenvalue weighted by molar-refractivity contribution is 0.718. The van der Waals surface area contributed by atoms with E-state index in [-0.39, 0.29) is 0 Å². The van der Waals surface area contributed by atoms with Crippen LogP contribution >= 0.6 is 23.2 Å². The zero-order valence-electron chi connectivity index (χ0n) is 9.77. The standard InChI is InChI=1S/C13H11Cl2N3/c1-17-12(15)7-16-13(17)8-18-5-4-9-2-3-10(14)6-11(9)18/h2-7H,8H2,1H3. The maximum atomic E-state index is 6.03. The molecule has 0 fully saturated rings. The molecule has 2 aromatic heterocycles. The molecule has 5 heteroatoms. The van der Waals surface area contributed by atoms with Crippen molar-refractivity contribution in [1.82, 2.24) is 14.1 Å². The monoisotopic (exact) mass is 279 g/mol. The second-order valence-electron chi connectivity index (χ2n) is 4.20. The first-order valence-electron chi connectivity index (χ1n) is 5.55. The number of benzene rings is 1. The van der Waals surface area contributed by atoms with Gasteiger partial charge >= 0.3 is 0 Å². The minimum absolute atomic E-state index is 0.638. The van der Waals surface area contributed by atoms with Crippen LogP contribution in [0.3, 0.4) is 0 Å². The molecular weight excluding hydrogens is 269 g/mol. The third-order valence-electron chi connectivity index (χ3n) is 3.08. The Kier molecular flexibility index (Phi) is 2.80. The molecule has 92 valence electrons. The molecule has 2 heterocycles. The topological polar surface area (TPSA) is 22.8 Å². The number of hydrogen-bond acceptors (Lipinski definition) is 1. The number of hydrogen-bond donors (Lipinski definition) is 0. The summed E-state index contributed by atoms with van der Waals surface area (Å²) in [5.74, 6) is 0.914. The van der Waals surface area contributed by atoms with Gasteiger partial charge in [-0.25, -0.2) is 4.98 Å². The summed E-state index contributed by atoms with van der Waals surface area (Å²) >= 11 is 12.0. The lowest BCUT2D eigenvalue weighted by Gasteiger charge is -2.06. The predicted molar refractivity (Wildman–Crippen MR) is 74.3 cm³/mol. The third-order valence-corrected chi connectivity index (χ3v) is 3.66. The average Bonchev–Trinajstić information content (AvgIpc) is 2.88. The second kappa shape index (κ2) is 4.34. The highest BCUT2D eigenvalue weighted by molar-refractivity contribution is 6.31. The molecule has 0 saturated carbocycles. The van der Waals surface area contributed by atoms with Crippen molar-refractivity contribution in [3.05, 3.63) is 52.7 Å². The summed E-state index contributed by atoms with van der Waals surface area (Å²) in [6.07, 6.45) is 3.69. The SMILES string of the molecule is Cn1c(Cl)cnc1Cn1ccc2ccc(Cl)cc21. The van der Waals surface area contributed by atoms with E-state index in [2.05, 4.69) is 15.6 Å². The van der Waals surface area contributed by atoms with E-state index in [0.717, 1.165) is 16.4 Å². The summed E-state index contributed by atoms with van der Waals surface area (Å²) in [7, 11) is 1.91. The van der Waals surface area contributed by atoms with Crippen LogP contribution < -0.4 is 0 Å². The van der Waals surface area contributed by atoms with Crippen molar-refractivity contribution < 1.29 is 0 Å². The van der Waals surface area contributed by atoms with Crippen molar-refractivity contribution in [1.29, 1.82) is 0 Å². The van der Waals surface area contributed by atoms with Gasteiger partial charge in [0, 0.05) is 23.8 Å². The van der Waals surface area contributed by atoms with Crippen LogP contribution in [0.2, 0.25) is 10.2 Å². The zero-order chi connectivity index (χ0) is 12.7. The van der Waals surface area contributed by atoms with Crippen LogP contribution in [0.5, 0.6) is 0 Å². The smallest absolute Gasteiger partial charge is 0.129 e. The summed E-state index contributed by atoms with van der Waals surface area (Å²) in [6.45, 7) is 0.674. The van der Waals surface area contributed by atoms with Crippen LogP contribution in [0.4, 0.5) is 0 Å². The fraction of sp³-hybridized carbons (Fsp3) is 0.154. The molecule has 0 saturated heterocycles. The average molecular weight is 280 g/mol. The summed E-state index contributed by atoms with van der Waals surface area (Å²) in [6, 6.07) is 7.93. The largest absolute Gasteiger partial charge is 0.340 e. The molecule has 0 aliphatic rings. The number of halogens is 2. The second-order valence-corrected chi connectivity index (χ2v) is 5.03. The molecule has 0 spiro atoms. The Hall–Kier alpha value is -1.45. The van der Waals surface area contributed by atoms with E-state index >= 15 is 0 Å². The molecule has 18 heavy (non-hydrogen) atoms. The minimum Gasteiger partial charge on any atom is -0.340 e. The highest BCUT2D eigenvalue weighted by Crippen LogP contribution is 2.21. The van der Waals surface area contributed by atoms with E-state index in [1.807, 2.05) is 36.0 Å². The van der Waals surface area contributed by atoms with Gasteiger partial charge in [-0.05, 0) is 23.6 Å². The Morgan fingerprint density at radius 1 is 1.22 bits per heavy atom. The van der Waals surface area contributed by atoms with Gasteiger partial charge in [-0.1, -0.05) is 29.3 Å². The lowest BCUT2D eigenvalue weighted by Crippen LogP contribution is -2.05. The maximum absolute atomic E-state index is 6.03. The van der Waals surface area contributed by atoms with Gasteiger partial charge in [0.05, 0.1) is 12.7 Å². The predicted octanol–water partition coefficient (Wildman–Crippen LogP) is 3.73. The van der Waals surface area contributed by atoms with E-state index in [4.69, 9.17) is 23.2 Å². The highest BCUT2D eigenvalue weighted by atomic mass is 35.5. The van der Waals surface area contributed by atoms with Crippen LogP contribution in [-0.4, -0.2) is 14.1 Å². The number of aromatic nitrogens is 3. The van der Waals surface area contributed by atoms with Crippen molar-refractivity contribution in [2.24, 2.45) is 7.05 Å². The first-order valence-corrected chi connectivity index (χ1v) is 6.31. The molecule has 0 N–H and O–H groups in total. The van der Waals surface area contributed by atoms with Crippen molar-refractivity contribution in [3.63, 3.8) is 0 Å². The number of nitrogens with zero attached hydrogens (tertiary/aromatic N) is 3. The first-order chi connectivity index (χ1) is 8.65. The van der Waals surface area contributed by atoms with Gasteiger partial charge in [-0.2, -0.15) is 0 Å². The maximum Gasteiger partial charge on any atom is 0.129 e.